The molecule has 1 N–H and O–H groups in total. The highest BCUT2D eigenvalue weighted by Gasteiger charge is 2.08. The molecule has 0 saturated carbocycles. The van der Waals surface area contributed by atoms with E-state index in [9.17, 15) is 13.2 Å². The second-order valence-corrected chi connectivity index (χ2v) is 4.73. The van der Waals surface area contributed by atoms with Gasteiger partial charge >= 0.3 is 0 Å². The molecule has 0 aliphatic carbocycles. The minimum Gasteiger partial charge on any atom is -0.310 e. The summed E-state index contributed by atoms with van der Waals surface area (Å²) in [6.45, 7) is 2.50. The van der Waals surface area contributed by atoms with Crippen LogP contribution in [-0.4, -0.2) is 6.54 Å². The van der Waals surface area contributed by atoms with Gasteiger partial charge in [0.25, 0.3) is 0 Å². The fourth-order valence-electron chi connectivity index (χ4n) is 2.03. The van der Waals surface area contributed by atoms with Crippen LogP contribution in [0.2, 0.25) is 0 Å². The van der Waals surface area contributed by atoms with Gasteiger partial charge in [-0.2, -0.15) is 0 Å². The van der Waals surface area contributed by atoms with Crippen molar-refractivity contribution < 1.29 is 13.2 Å². The van der Waals surface area contributed by atoms with Crippen LogP contribution in [-0.2, 0) is 6.42 Å². The third-order valence-corrected chi connectivity index (χ3v) is 3.20. The van der Waals surface area contributed by atoms with Crippen LogP contribution >= 0.6 is 0 Å². The summed E-state index contributed by atoms with van der Waals surface area (Å²) in [5.41, 5.74) is 1.58. The molecule has 0 fully saturated rings. The molecule has 0 amide bonds. The molecular formula is C16H16F3N. The average Bonchev–Trinajstić information content (AvgIpc) is 2.42. The predicted molar refractivity (Wildman–Crippen MR) is 72.9 cm³/mol. The minimum absolute atomic E-state index is 0.0985. The van der Waals surface area contributed by atoms with Crippen LogP contribution in [0.15, 0.2) is 42.5 Å². The van der Waals surface area contributed by atoms with Crippen molar-refractivity contribution in [3.8, 4) is 0 Å². The quantitative estimate of drug-likeness (QED) is 0.872. The highest BCUT2D eigenvalue weighted by molar-refractivity contribution is 5.21. The molecule has 1 nitrogen and oxygen atoms in total. The number of halogens is 3. The number of benzene rings is 2. The molecule has 1 atom stereocenters. The van der Waals surface area contributed by atoms with Crippen molar-refractivity contribution in [2.75, 3.05) is 6.54 Å². The third-order valence-electron chi connectivity index (χ3n) is 3.20. The Morgan fingerprint density at radius 2 is 1.80 bits per heavy atom. The topological polar surface area (TPSA) is 12.0 Å². The van der Waals surface area contributed by atoms with Crippen molar-refractivity contribution in [2.45, 2.75) is 19.4 Å². The fourth-order valence-corrected chi connectivity index (χ4v) is 2.03. The second-order valence-electron chi connectivity index (χ2n) is 4.73. The molecule has 0 aliphatic heterocycles. The Morgan fingerprint density at radius 3 is 2.50 bits per heavy atom. The molecule has 0 radical (unpaired) electrons. The number of rotatable bonds is 5. The van der Waals surface area contributed by atoms with E-state index in [2.05, 4.69) is 5.32 Å². The Labute approximate surface area is 116 Å². The van der Waals surface area contributed by atoms with Crippen LogP contribution < -0.4 is 5.32 Å². The van der Waals surface area contributed by atoms with E-state index in [0.29, 0.717) is 18.5 Å². The molecule has 20 heavy (non-hydrogen) atoms. The number of hydrogen-bond acceptors (Lipinski definition) is 1. The van der Waals surface area contributed by atoms with Crippen LogP contribution in [0.1, 0.15) is 24.1 Å². The molecule has 0 spiro atoms. The summed E-state index contributed by atoms with van der Waals surface area (Å²) in [6.07, 6.45) is 0.672. The molecule has 2 aromatic rings. The fraction of sp³-hybridized carbons (Fsp3) is 0.250. The lowest BCUT2D eigenvalue weighted by atomic mass is 10.1. The molecule has 2 aromatic carbocycles. The van der Waals surface area contributed by atoms with Crippen LogP contribution in [0.3, 0.4) is 0 Å². The van der Waals surface area contributed by atoms with Gasteiger partial charge < -0.3 is 5.32 Å². The van der Waals surface area contributed by atoms with Gasteiger partial charge in [-0.1, -0.05) is 18.2 Å². The molecule has 0 saturated heterocycles. The highest BCUT2D eigenvalue weighted by Crippen LogP contribution is 2.16. The Morgan fingerprint density at radius 1 is 1.00 bits per heavy atom. The third kappa shape index (κ3) is 3.84. The number of nitrogens with one attached hydrogen (secondary N) is 1. The molecule has 0 aliphatic rings. The minimum atomic E-state index is -0.847. The summed E-state index contributed by atoms with van der Waals surface area (Å²) in [7, 11) is 0. The summed E-state index contributed by atoms with van der Waals surface area (Å²) in [4.78, 5) is 0. The van der Waals surface area contributed by atoms with Crippen molar-refractivity contribution in [1.82, 2.24) is 5.32 Å². The smallest absolute Gasteiger partial charge is 0.159 e. The van der Waals surface area contributed by atoms with Gasteiger partial charge in [-0.25, -0.2) is 13.2 Å². The Balaban J connectivity index is 1.88. The van der Waals surface area contributed by atoms with E-state index in [1.165, 1.54) is 18.2 Å². The van der Waals surface area contributed by atoms with Crippen molar-refractivity contribution in [3.05, 3.63) is 71.0 Å². The Hall–Kier alpha value is -1.81. The van der Waals surface area contributed by atoms with E-state index in [1.54, 1.807) is 12.1 Å². The first-order chi connectivity index (χ1) is 9.56. The summed E-state index contributed by atoms with van der Waals surface area (Å²) >= 11 is 0. The SMILES string of the molecule is CC(NCCc1cccc(F)c1)c1ccc(F)c(F)c1. The maximum atomic E-state index is 13.1. The maximum Gasteiger partial charge on any atom is 0.159 e. The normalized spacial score (nSPS) is 12.4. The van der Waals surface area contributed by atoms with Gasteiger partial charge in [0.15, 0.2) is 11.6 Å². The zero-order valence-electron chi connectivity index (χ0n) is 11.2. The van der Waals surface area contributed by atoms with Crippen molar-refractivity contribution in [1.29, 1.82) is 0 Å². The zero-order valence-corrected chi connectivity index (χ0v) is 11.2. The first-order valence-electron chi connectivity index (χ1n) is 6.49. The average molecular weight is 279 g/mol. The van der Waals surface area contributed by atoms with E-state index in [0.717, 1.165) is 11.6 Å². The van der Waals surface area contributed by atoms with Gasteiger partial charge in [0, 0.05) is 6.04 Å². The Kier molecular flexibility index (Phi) is 4.79. The van der Waals surface area contributed by atoms with E-state index in [1.807, 2.05) is 13.0 Å². The molecule has 1 unspecified atom stereocenters. The molecule has 0 aromatic heterocycles. The van der Waals surface area contributed by atoms with Gasteiger partial charge in [-0.3, -0.25) is 0 Å². The summed E-state index contributed by atoms with van der Waals surface area (Å²) < 4.78 is 39.0. The van der Waals surface area contributed by atoms with Gasteiger partial charge in [-0.15, -0.1) is 0 Å². The monoisotopic (exact) mass is 279 g/mol. The molecule has 106 valence electrons. The van der Waals surface area contributed by atoms with Crippen molar-refractivity contribution >= 4 is 0 Å². The van der Waals surface area contributed by atoms with Gasteiger partial charge in [0.1, 0.15) is 5.82 Å². The lowest BCUT2D eigenvalue weighted by molar-refractivity contribution is 0.501. The van der Waals surface area contributed by atoms with Crippen LogP contribution in [0.4, 0.5) is 13.2 Å². The molecule has 0 bridgehead atoms. The van der Waals surface area contributed by atoms with Crippen molar-refractivity contribution in [2.24, 2.45) is 0 Å². The standard InChI is InChI=1S/C16H16F3N/c1-11(13-5-6-15(18)16(19)10-13)20-8-7-12-3-2-4-14(17)9-12/h2-6,9-11,20H,7-8H2,1H3. The second kappa shape index (κ2) is 6.57. The number of hydrogen-bond donors (Lipinski definition) is 1. The van der Waals surface area contributed by atoms with Crippen LogP contribution in [0, 0.1) is 17.5 Å². The van der Waals surface area contributed by atoms with E-state index < -0.39 is 11.6 Å². The lowest BCUT2D eigenvalue weighted by Crippen LogP contribution is -2.21. The summed E-state index contributed by atoms with van der Waals surface area (Å²) in [5, 5.41) is 3.20. The van der Waals surface area contributed by atoms with Crippen LogP contribution in [0.25, 0.3) is 0 Å². The molecule has 0 heterocycles. The molecular weight excluding hydrogens is 263 g/mol. The first-order valence-corrected chi connectivity index (χ1v) is 6.49. The first kappa shape index (κ1) is 14.6. The van der Waals surface area contributed by atoms with Gasteiger partial charge in [0.2, 0.25) is 0 Å². The van der Waals surface area contributed by atoms with Crippen LogP contribution in [0.5, 0.6) is 0 Å². The van der Waals surface area contributed by atoms with E-state index in [-0.39, 0.29) is 11.9 Å². The van der Waals surface area contributed by atoms with E-state index in [4.69, 9.17) is 0 Å². The summed E-state index contributed by atoms with van der Waals surface area (Å²) in [5.74, 6) is -1.95. The predicted octanol–water partition coefficient (Wildman–Crippen LogP) is 4.00. The zero-order chi connectivity index (χ0) is 14.5. The van der Waals surface area contributed by atoms with Gasteiger partial charge in [-0.05, 0) is 55.3 Å². The largest absolute Gasteiger partial charge is 0.310 e. The van der Waals surface area contributed by atoms with E-state index >= 15 is 0 Å². The highest BCUT2D eigenvalue weighted by atomic mass is 19.2. The molecule has 2 rings (SSSR count). The summed E-state index contributed by atoms with van der Waals surface area (Å²) in [6, 6.07) is 10.2. The Bertz CT molecular complexity index is 584. The lowest BCUT2D eigenvalue weighted by Gasteiger charge is -2.14. The van der Waals surface area contributed by atoms with Gasteiger partial charge in [0.05, 0.1) is 0 Å². The maximum absolute atomic E-state index is 13.1. The van der Waals surface area contributed by atoms with Crippen molar-refractivity contribution in [3.63, 3.8) is 0 Å². The molecule has 4 heteroatoms.